The molecule has 0 aliphatic carbocycles. The van der Waals surface area contributed by atoms with Crippen molar-refractivity contribution in [3.8, 4) is 0 Å². The van der Waals surface area contributed by atoms with E-state index < -0.39 is 17.9 Å². The Balaban J connectivity index is 2.12. The van der Waals surface area contributed by atoms with Gasteiger partial charge in [-0.3, -0.25) is 9.59 Å². The Bertz CT molecular complexity index is 482. The maximum absolute atomic E-state index is 12.3. The molecule has 1 aliphatic rings. The van der Waals surface area contributed by atoms with Gasteiger partial charge >= 0.3 is 5.97 Å². The van der Waals surface area contributed by atoms with Crippen molar-refractivity contribution in [3.63, 3.8) is 0 Å². The molecule has 114 valence electrons. The van der Waals surface area contributed by atoms with Crippen molar-refractivity contribution in [2.75, 3.05) is 13.2 Å². The summed E-state index contributed by atoms with van der Waals surface area (Å²) in [5, 5.41) is 12.1. The van der Waals surface area contributed by atoms with Gasteiger partial charge in [-0.15, -0.1) is 0 Å². The van der Waals surface area contributed by atoms with Gasteiger partial charge in [-0.1, -0.05) is 30.3 Å². The number of aliphatic carboxylic acids is 1. The summed E-state index contributed by atoms with van der Waals surface area (Å²) in [6.45, 7) is 2.71. The van der Waals surface area contributed by atoms with Crippen molar-refractivity contribution in [2.45, 2.75) is 25.8 Å². The van der Waals surface area contributed by atoms with Gasteiger partial charge in [0.2, 0.25) is 5.91 Å². The van der Waals surface area contributed by atoms with Crippen LogP contribution >= 0.6 is 0 Å². The summed E-state index contributed by atoms with van der Waals surface area (Å²) in [5.74, 6) is -1.94. The van der Waals surface area contributed by atoms with E-state index in [2.05, 4.69) is 5.32 Å². The SMILES string of the molecule is CC(C(=O)O)C(NC(=O)C1CCCOC1)c1ccccc1. The minimum Gasteiger partial charge on any atom is -0.481 e. The van der Waals surface area contributed by atoms with E-state index in [1.165, 1.54) is 0 Å². The smallest absolute Gasteiger partial charge is 0.308 e. The van der Waals surface area contributed by atoms with Gasteiger partial charge in [0.05, 0.1) is 24.5 Å². The molecule has 0 radical (unpaired) electrons. The summed E-state index contributed by atoms with van der Waals surface area (Å²) in [7, 11) is 0. The lowest BCUT2D eigenvalue weighted by Crippen LogP contribution is -2.41. The molecule has 0 aromatic heterocycles. The third-order valence-corrected chi connectivity index (χ3v) is 3.88. The third kappa shape index (κ3) is 4.04. The number of benzene rings is 1. The molecule has 3 atom stereocenters. The van der Waals surface area contributed by atoms with E-state index in [1.807, 2.05) is 30.3 Å². The first kappa shape index (κ1) is 15.5. The zero-order valence-corrected chi connectivity index (χ0v) is 12.1. The average molecular weight is 291 g/mol. The van der Waals surface area contributed by atoms with Crippen molar-refractivity contribution in [2.24, 2.45) is 11.8 Å². The number of carboxylic acid groups (broad SMARTS) is 1. The monoisotopic (exact) mass is 291 g/mol. The summed E-state index contributed by atoms with van der Waals surface area (Å²) in [6, 6.07) is 8.68. The second kappa shape index (κ2) is 7.22. The van der Waals surface area contributed by atoms with Gasteiger partial charge in [0.15, 0.2) is 0 Å². The molecule has 1 fully saturated rings. The molecule has 1 amide bonds. The molecule has 1 aromatic carbocycles. The van der Waals surface area contributed by atoms with Crippen LogP contribution < -0.4 is 5.32 Å². The molecule has 1 heterocycles. The molecule has 0 saturated carbocycles. The summed E-state index contributed by atoms with van der Waals surface area (Å²) >= 11 is 0. The Hall–Kier alpha value is -1.88. The fraction of sp³-hybridized carbons (Fsp3) is 0.500. The Morgan fingerprint density at radius 1 is 1.33 bits per heavy atom. The molecule has 2 N–H and O–H groups in total. The van der Waals surface area contributed by atoms with Gasteiger partial charge in [-0.2, -0.15) is 0 Å². The number of nitrogens with one attached hydrogen (secondary N) is 1. The number of carbonyl (C=O) groups is 2. The second-order valence-corrected chi connectivity index (χ2v) is 5.44. The van der Waals surface area contributed by atoms with Gasteiger partial charge < -0.3 is 15.2 Å². The Morgan fingerprint density at radius 2 is 2.05 bits per heavy atom. The lowest BCUT2D eigenvalue weighted by atomic mass is 9.93. The number of hydrogen-bond donors (Lipinski definition) is 2. The molecular formula is C16H21NO4. The lowest BCUT2D eigenvalue weighted by molar-refractivity contribution is -0.142. The van der Waals surface area contributed by atoms with Crippen molar-refractivity contribution >= 4 is 11.9 Å². The minimum atomic E-state index is -0.927. The van der Waals surface area contributed by atoms with Gasteiger partial charge in [-0.25, -0.2) is 0 Å². The highest BCUT2D eigenvalue weighted by Crippen LogP contribution is 2.24. The Morgan fingerprint density at radius 3 is 2.62 bits per heavy atom. The number of rotatable bonds is 5. The maximum Gasteiger partial charge on any atom is 0.308 e. The van der Waals surface area contributed by atoms with Crippen LogP contribution in [0, 0.1) is 11.8 Å². The van der Waals surface area contributed by atoms with Crippen LogP contribution in [-0.2, 0) is 14.3 Å². The highest BCUT2D eigenvalue weighted by Gasteiger charge is 2.30. The first-order valence-corrected chi connectivity index (χ1v) is 7.25. The van der Waals surface area contributed by atoms with Crippen LogP contribution in [0.2, 0.25) is 0 Å². The van der Waals surface area contributed by atoms with Gasteiger partial charge in [0, 0.05) is 6.61 Å². The third-order valence-electron chi connectivity index (χ3n) is 3.88. The predicted molar refractivity (Wildman–Crippen MR) is 77.7 cm³/mol. The van der Waals surface area contributed by atoms with Crippen LogP contribution in [0.4, 0.5) is 0 Å². The molecule has 21 heavy (non-hydrogen) atoms. The van der Waals surface area contributed by atoms with Crippen LogP contribution in [0.25, 0.3) is 0 Å². The first-order chi connectivity index (χ1) is 10.1. The molecule has 3 unspecified atom stereocenters. The molecule has 5 heteroatoms. The van der Waals surface area contributed by atoms with Gasteiger partial charge in [-0.05, 0) is 25.3 Å². The molecular weight excluding hydrogens is 270 g/mol. The maximum atomic E-state index is 12.3. The number of carbonyl (C=O) groups excluding carboxylic acids is 1. The van der Waals surface area contributed by atoms with Crippen molar-refractivity contribution in [3.05, 3.63) is 35.9 Å². The summed E-state index contributed by atoms with van der Waals surface area (Å²) in [4.78, 5) is 23.6. The number of hydrogen-bond acceptors (Lipinski definition) is 3. The van der Waals surface area contributed by atoms with E-state index in [4.69, 9.17) is 4.74 Å². The van der Waals surface area contributed by atoms with Crippen molar-refractivity contribution in [1.82, 2.24) is 5.32 Å². The van der Waals surface area contributed by atoms with Crippen LogP contribution in [0.3, 0.4) is 0 Å². The highest BCUT2D eigenvalue weighted by molar-refractivity contribution is 5.80. The summed E-state index contributed by atoms with van der Waals surface area (Å²) in [5.41, 5.74) is 0.803. The molecule has 1 aliphatic heterocycles. The van der Waals surface area contributed by atoms with Crippen LogP contribution in [0.1, 0.15) is 31.4 Å². The molecule has 0 bridgehead atoms. The van der Waals surface area contributed by atoms with E-state index in [1.54, 1.807) is 6.92 Å². The van der Waals surface area contributed by atoms with E-state index in [9.17, 15) is 14.7 Å². The van der Waals surface area contributed by atoms with Crippen molar-refractivity contribution < 1.29 is 19.4 Å². The summed E-state index contributed by atoms with van der Waals surface area (Å²) < 4.78 is 5.32. The molecule has 0 spiro atoms. The topological polar surface area (TPSA) is 75.6 Å². The van der Waals surface area contributed by atoms with E-state index >= 15 is 0 Å². The number of ether oxygens (including phenoxy) is 1. The quantitative estimate of drug-likeness (QED) is 0.870. The standard InChI is InChI=1S/C16H21NO4/c1-11(16(19)20)14(12-6-3-2-4-7-12)17-15(18)13-8-5-9-21-10-13/h2-4,6-7,11,13-14H,5,8-10H2,1H3,(H,17,18)(H,19,20). The normalized spacial score (nSPS) is 21.3. The van der Waals surface area contributed by atoms with Crippen LogP contribution in [0.5, 0.6) is 0 Å². The van der Waals surface area contributed by atoms with E-state index in [0.717, 1.165) is 18.4 Å². The lowest BCUT2D eigenvalue weighted by Gasteiger charge is -2.27. The van der Waals surface area contributed by atoms with E-state index in [-0.39, 0.29) is 11.8 Å². The minimum absolute atomic E-state index is 0.128. The molecule has 5 nitrogen and oxygen atoms in total. The Labute approximate surface area is 124 Å². The fourth-order valence-electron chi connectivity index (χ4n) is 2.52. The first-order valence-electron chi connectivity index (χ1n) is 7.25. The highest BCUT2D eigenvalue weighted by atomic mass is 16.5. The fourth-order valence-corrected chi connectivity index (χ4v) is 2.52. The summed E-state index contributed by atoms with van der Waals surface area (Å²) in [6.07, 6.45) is 1.65. The number of carboxylic acids is 1. The van der Waals surface area contributed by atoms with E-state index in [0.29, 0.717) is 13.2 Å². The van der Waals surface area contributed by atoms with Gasteiger partial charge in [0.25, 0.3) is 0 Å². The molecule has 1 saturated heterocycles. The predicted octanol–water partition coefficient (Wildman–Crippen LogP) is 1.99. The second-order valence-electron chi connectivity index (χ2n) is 5.44. The average Bonchev–Trinajstić information content (AvgIpc) is 2.53. The molecule has 1 aromatic rings. The zero-order valence-electron chi connectivity index (χ0n) is 12.1. The Kier molecular flexibility index (Phi) is 5.33. The van der Waals surface area contributed by atoms with Crippen molar-refractivity contribution in [1.29, 1.82) is 0 Å². The van der Waals surface area contributed by atoms with Crippen LogP contribution in [0.15, 0.2) is 30.3 Å². The molecule has 2 rings (SSSR count). The van der Waals surface area contributed by atoms with Gasteiger partial charge in [0.1, 0.15) is 0 Å². The largest absolute Gasteiger partial charge is 0.481 e. The van der Waals surface area contributed by atoms with Crippen LogP contribution in [-0.4, -0.2) is 30.2 Å². The zero-order chi connectivity index (χ0) is 15.2. The number of amides is 1.